The second kappa shape index (κ2) is 5.58. The monoisotopic (exact) mass is 292 g/mol. The number of halogens is 1. The molecule has 1 amide bonds. The minimum absolute atomic E-state index is 0.159. The summed E-state index contributed by atoms with van der Waals surface area (Å²) in [6, 6.07) is 5.71. The van der Waals surface area contributed by atoms with Gasteiger partial charge in [-0.25, -0.2) is 9.37 Å². The number of nitrogens with one attached hydrogen (secondary N) is 1. The molecule has 0 radical (unpaired) electrons. The van der Waals surface area contributed by atoms with Gasteiger partial charge in [0.15, 0.2) is 11.7 Å². The first-order valence-corrected chi connectivity index (χ1v) is 7.19. The van der Waals surface area contributed by atoms with Crippen LogP contribution in [0.15, 0.2) is 24.3 Å². The van der Waals surface area contributed by atoms with Crippen molar-refractivity contribution in [3.63, 3.8) is 0 Å². The summed E-state index contributed by atoms with van der Waals surface area (Å²) in [5, 5.41) is 3.32. The van der Waals surface area contributed by atoms with Crippen LogP contribution in [-0.4, -0.2) is 17.5 Å². The van der Waals surface area contributed by atoms with Crippen molar-refractivity contribution in [1.29, 1.82) is 0 Å². The van der Waals surface area contributed by atoms with Gasteiger partial charge in [-0.1, -0.05) is 6.07 Å². The molecule has 0 spiro atoms. The zero-order valence-electron chi connectivity index (χ0n) is 10.7. The molecule has 0 atom stereocenters. The fraction of sp³-hybridized carbons (Fsp3) is 0.286. The Morgan fingerprint density at radius 2 is 2.35 bits per heavy atom. The summed E-state index contributed by atoms with van der Waals surface area (Å²) in [6.45, 7) is -0.159. The highest BCUT2D eigenvalue weighted by Crippen LogP contribution is 2.30. The number of hydrogen-bond acceptors (Lipinski definition) is 4. The molecule has 0 unspecified atom stereocenters. The molecule has 1 aromatic carbocycles. The summed E-state index contributed by atoms with van der Waals surface area (Å²) < 4.78 is 18.2. The second-order valence-corrected chi connectivity index (χ2v) is 5.62. The van der Waals surface area contributed by atoms with Crippen molar-refractivity contribution in [3.8, 4) is 5.75 Å². The van der Waals surface area contributed by atoms with Gasteiger partial charge in [0.2, 0.25) is 0 Å². The number of ether oxygens (including phenoxy) is 1. The SMILES string of the molecule is O=C(COc1cccc(F)c1)Nc1nc2c(s1)CCC2. The van der Waals surface area contributed by atoms with Crippen molar-refractivity contribution in [3.05, 3.63) is 40.7 Å². The number of amides is 1. The third-order valence-electron chi connectivity index (χ3n) is 3.01. The predicted molar refractivity (Wildman–Crippen MR) is 74.7 cm³/mol. The van der Waals surface area contributed by atoms with Crippen molar-refractivity contribution in [2.75, 3.05) is 11.9 Å². The molecule has 20 heavy (non-hydrogen) atoms. The quantitative estimate of drug-likeness (QED) is 0.942. The third-order valence-corrected chi connectivity index (χ3v) is 4.08. The van der Waals surface area contributed by atoms with Crippen LogP contribution in [0.1, 0.15) is 17.0 Å². The Kier molecular flexibility index (Phi) is 3.64. The van der Waals surface area contributed by atoms with Gasteiger partial charge in [0.25, 0.3) is 5.91 Å². The van der Waals surface area contributed by atoms with Crippen LogP contribution in [0.4, 0.5) is 9.52 Å². The minimum Gasteiger partial charge on any atom is -0.484 e. The molecule has 4 nitrogen and oxygen atoms in total. The molecule has 2 aromatic rings. The van der Waals surface area contributed by atoms with Gasteiger partial charge in [-0.15, -0.1) is 11.3 Å². The van der Waals surface area contributed by atoms with Gasteiger partial charge in [0.1, 0.15) is 11.6 Å². The number of carbonyl (C=O) groups excluding carboxylic acids is 1. The molecule has 0 saturated carbocycles. The number of fused-ring (bicyclic) bond motifs is 1. The third kappa shape index (κ3) is 2.96. The number of nitrogens with zero attached hydrogens (tertiary/aromatic N) is 1. The van der Waals surface area contributed by atoms with Crippen molar-refractivity contribution >= 4 is 22.4 Å². The summed E-state index contributed by atoms with van der Waals surface area (Å²) in [7, 11) is 0. The molecule has 0 fully saturated rings. The number of aryl methyl sites for hydroxylation is 2. The highest BCUT2D eigenvalue weighted by Gasteiger charge is 2.17. The first kappa shape index (κ1) is 13.1. The first-order valence-electron chi connectivity index (χ1n) is 6.37. The van der Waals surface area contributed by atoms with E-state index in [1.165, 1.54) is 34.4 Å². The molecule has 1 aliphatic carbocycles. The molecule has 6 heteroatoms. The largest absolute Gasteiger partial charge is 0.484 e. The van der Waals surface area contributed by atoms with Gasteiger partial charge < -0.3 is 4.74 Å². The van der Waals surface area contributed by atoms with Crippen molar-refractivity contribution < 1.29 is 13.9 Å². The van der Waals surface area contributed by atoms with Gasteiger partial charge in [-0.3, -0.25) is 10.1 Å². The van der Waals surface area contributed by atoms with Gasteiger partial charge in [0, 0.05) is 10.9 Å². The standard InChI is InChI=1S/C14H13FN2O2S/c15-9-3-1-4-10(7-9)19-8-13(18)17-14-16-11-5-2-6-12(11)20-14/h1,3-4,7H,2,5-6,8H2,(H,16,17,18). The van der Waals surface area contributed by atoms with Crippen LogP contribution in [-0.2, 0) is 17.6 Å². The minimum atomic E-state index is -0.390. The number of benzene rings is 1. The average Bonchev–Trinajstić information content (AvgIpc) is 2.97. The molecule has 3 rings (SSSR count). The molecule has 1 N–H and O–H groups in total. The molecular formula is C14H13FN2O2S. The van der Waals surface area contributed by atoms with Crippen LogP contribution < -0.4 is 10.1 Å². The van der Waals surface area contributed by atoms with E-state index in [2.05, 4.69) is 10.3 Å². The first-order chi connectivity index (χ1) is 9.70. The van der Waals surface area contributed by atoms with Gasteiger partial charge in [-0.2, -0.15) is 0 Å². The molecule has 0 bridgehead atoms. The second-order valence-electron chi connectivity index (χ2n) is 4.54. The predicted octanol–water partition coefficient (Wildman–Crippen LogP) is 2.79. The summed E-state index contributed by atoms with van der Waals surface area (Å²) >= 11 is 1.52. The number of hydrogen-bond donors (Lipinski definition) is 1. The number of rotatable bonds is 4. The normalized spacial score (nSPS) is 13.1. The number of thiazole rings is 1. The number of anilines is 1. The fourth-order valence-corrected chi connectivity index (χ4v) is 3.17. The highest BCUT2D eigenvalue weighted by atomic mass is 32.1. The van der Waals surface area contributed by atoms with Crippen LogP contribution >= 0.6 is 11.3 Å². The maximum Gasteiger partial charge on any atom is 0.264 e. The van der Waals surface area contributed by atoms with E-state index >= 15 is 0 Å². The number of carbonyl (C=O) groups is 1. The topological polar surface area (TPSA) is 51.2 Å². The van der Waals surface area contributed by atoms with Crippen LogP contribution in [0.3, 0.4) is 0 Å². The van der Waals surface area contributed by atoms with Crippen molar-refractivity contribution in [1.82, 2.24) is 4.98 Å². The Hall–Kier alpha value is -1.95. The number of aromatic nitrogens is 1. The zero-order valence-corrected chi connectivity index (χ0v) is 11.5. The lowest BCUT2D eigenvalue weighted by molar-refractivity contribution is -0.118. The Morgan fingerprint density at radius 3 is 3.15 bits per heavy atom. The summed E-state index contributed by atoms with van der Waals surface area (Å²) in [5.41, 5.74) is 1.09. The summed E-state index contributed by atoms with van der Waals surface area (Å²) in [4.78, 5) is 17.4. The van der Waals surface area contributed by atoms with E-state index in [1.54, 1.807) is 6.07 Å². The smallest absolute Gasteiger partial charge is 0.264 e. The van der Waals surface area contributed by atoms with E-state index in [9.17, 15) is 9.18 Å². The summed E-state index contributed by atoms with van der Waals surface area (Å²) in [5.74, 6) is -0.345. The van der Waals surface area contributed by atoms with Crippen LogP contribution in [0.25, 0.3) is 0 Å². The molecular weight excluding hydrogens is 279 g/mol. The lowest BCUT2D eigenvalue weighted by Crippen LogP contribution is -2.20. The average molecular weight is 292 g/mol. The molecule has 0 saturated heterocycles. The van der Waals surface area contributed by atoms with Gasteiger partial charge >= 0.3 is 0 Å². The zero-order chi connectivity index (χ0) is 13.9. The lowest BCUT2D eigenvalue weighted by atomic mass is 10.3. The van der Waals surface area contributed by atoms with Crippen molar-refractivity contribution in [2.24, 2.45) is 0 Å². The van der Waals surface area contributed by atoms with E-state index in [0.29, 0.717) is 10.9 Å². The maximum absolute atomic E-state index is 12.9. The molecule has 104 valence electrons. The van der Waals surface area contributed by atoms with E-state index in [0.717, 1.165) is 25.0 Å². The van der Waals surface area contributed by atoms with Gasteiger partial charge in [0.05, 0.1) is 5.69 Å². The Labute approximate surface area is 119 Å². The summed E-state index contributed by atoms with van der Waals surface area (Å²) in [6.07, 6.45) is 3.18. The molecule has 0 aliphatic heterocycles. The maximum atomic E-state index is 12.9. The van der Waals surface area contributed by atoms with Crippen molar-refractivity contribution in [2.45, 2.75) is 19.3 Å². The van der Waals surface area contributed by atoms with E-state index in [4.69, 9.17) is 4.74 Å². The van der Waals surface area contributed by atoms with Crippen LogP contribution in [0.5, 0.6) is 5.75 Å². The van der Waals surface area contributed by atoms with E-state index in [-0.39, 0.29) is 18.3 Å². The van der Waals surface area contributed by atoms with Crippen LogP contribution in [0, 0.1) is 5.82 Å². The van der Waals surface area contributed by atoms with Crippen LogP contribution in [0.2, 0.25) is 0 Å². The Bertz CT molecular complexity index is 620. The highest BCUT2D eigenvalue weighted by molar-refractivity contribution is 7.15. The molecule has 1 heterocycles. The fourth-order valence-electron chi connectivity index (χ4n) is 2.10. The van der Waals surface area contributed by atoms with E-state index < -0.39 is 0 Å². The molecule has 1 aliphatic rings. The Balaban J connectivity index is 1.54. The van der Waals surface area contributed by atoms with E-state index in [1.807, 2.05) is 0 Å². The van der Waals surface area contributed by atoms with Gasteiger partial charge in [-0.05, 0) is 31.4 Å². The lowest BCUT2D eigenvalue weighted by Gasteiger charge is -2.05. The molecule has 1 aromatic heterocycles. The Morgan fingerprint density at radius 1 is 1.45 bits per heavy atom.